The number of hydrogen-bond acceptors (Lipinski definition) is 1. The van der Waals surface area contributed by atoms with E-state index in [1.54, 1.807) is 0 Å². The summed E-state index contributed by atoms with van der Waals surface area (Å²) >= 11 is 6.17. The van der Waals surface area contributed by atoms with Crippen molar-refractivity contribution < 1.29 is 13.6 Å². The van der Waals surface area contributed by atoms with E-state index in [4.69, 9.17) is 0 Å². The molecule has 0 spiro atoms. The third kappa shape index (κ3) is 2.00. The highest BCUT2D eigenvalue weighted by molar-refractivity contribution is 9.10. The fourth-order valence-corrected chi connectivity index (χ4v) is 2.49. The number of nitrogens with zero attached hydrogens (tertiary/aromatic N) is 1. The molecule has 0 saturated carbocycles. The molecule has 2 rings (SSSR count). The van der Waals surface area contributed by atoms with Crippen molar-refractivity contribution >= 4 is 43.5 Å². The van der Waals surface area contributed by atoms with Gasteiger partial charge in [-0.3, -0.25) is 4.79 Å². The molecule has 1 aliphatic rings. The van der Waals surface area contributed by atoms with Crippen LogP contribution in [-0.2, 0) is 4.79 Å². The second-order valence-electron chi connectivity index (χ2n) is 3.50. The van der Waals surface area contributed by atoms with Gasteiger partial charge in [-0.2, -0.15) is 0 Å². The Morgan fingerprint density at radius 3 is 2.56 bits per heavy atom. The number of carbonyl (C=O) groups excluding carboxylic acids is 1. The summed E-state index contributed by atoms with van der Waals surface area (Å²) in [6.45, 7) is 0.358. The third-order valence-corrected chi connectivity index (χ3v) is 3.61. The lowest BCUT2D eigenvalue weighted by Crippen LogP contribution is -2.25. The van der Waals surface area contributed by atoms with Gasteiger partial charge < -0.3 is 4.90 Å². The lowest BCUT2D eigenvalue weighted by Gasteiger charge is -2.17. The number of hydrogen-bond donors (Lipinski definition) is 0. The summed E-state index contributed by atoms with van der Waals surface area (Å²) in [6, 6.07) is 2.79. The monoisotopic (exact) mass is 353 g/mol. The normalized spacial score (nSPS) is 20.6. The molecule has 0 bridgehead atoms. The Balaban J connectivity index is 2.42. The summed E-state index contributed by atoms with van der Waals surface area (Å²) in [4.78, 5) is 12.8. The van der Waals surface area contributed by atoms with Gasteiger partial charge in [0.15, 0.2) is 11.6 Å². The Labute approximate surface area is 108 Å². The number of alkyl halides is 1. The van der Waals surface area contributed by atoms with E-state index >= 15 is 0 Å². The topological polar surface area (TPSA) is 20.3 Å². The van der Waals surface area contributed by atoms with Crippen LogP contribution in [0.1, 0.15) is 6.42 Å². The molecule has 1 atom stereocenters. The zero-order valence-electron chi connectivity index (χ0n) is 8.01. The molecular formula is C10H7Br2F2NO. The molecule has 1 saturated heterocycles. The van der Waals surface area contributed by atoms with Crippen molar-refractivity contribution in [1.29, 1.82) is 0 Å². The molecule has 1 unspecified atom stereocenters. The molecule has 1 aromatic carbocycles. The molecule has 0 aromatic heterocycles. The number of halogens is 4. The maximum atomic E-state index is 13.6. The van der Waals surface area contributed by atoms with Crippen LogP contribution in [0.2, 0.25) is 0 Å². The Morgan fingerprint density at radius 2 is 2.00 bits per heavy atom. The standard InChI is InChI=1S/C10H7Br2F2NO/c11-5-3-8(16)15(4-5)7-2-1-6(12)9(13)10(7)14/h1-2,5H,3-4H2. The molecule has 0 radical (unpaired) electrons. The first-order valence-corrected chi connectivity index (χ1v) is 6.29. The molecule has 2 nitrogen and oxygen atoms in total. The average molecular weight is 355 g/mol. The number of benzene rings is 1. The number of carbonyl (C=O) groups is 1. The van der Waals surface area contributed by atoms with Gasteiger partial charge in [0.2, 0.25) is 5.91 Å². The summed E-state index contributed by atoms with van der Waals surface area (Å²) in [6.07, 6.45) is 0.303. The van der Waals surface area contributed by atoms with Crippen LogP contribution in [0, 0.1) is 11.6 Å². The van der Waals surface area contributed by atoms with Crippen LogP contribution < -0.4 is 4.90 Å². The second-order valence-corrected chi connectivity index (χ2v) is 5.65. The number of amides is 1. The predicted octanol–water partition coefficient (Wildman–Crippen LogP) is 3.23. The molecule has 1 aliphatic heterocycles. The quantitative estimate of drug-likeness (QED) is 0.560. The third-order valence-electron chi connectivity index (χ3n) is 2.38. The zero-order chi connectivity index (χ0) is 11.9. The van der Waals surface area contributed by atoms with Crippen LogP contribution in [-0.4, -0.2) is 17.3 Å². The summed E-state index contributed by atoms with van der Waals surface area (Å²) in [5, 5.41) is 0. The summed E-state index contributed by atoms with van der Waals surface area (Å²) in [7, 11) is 0. The minimum absolute atomic E-state index is 0.00681. The van der Waals surface area contributed by atoms with Crippen molar-refractivity contribution in [2.45, 2.75) is 11.2 Å². The lowest BCUT2D eigenvalue weighted by atomic mass is 10.2. The molecular weight excluding hydrogens is 348 g/mol. The molecule has 1 heterocycles. The van der Waals surface area contributed by atoms with E-state index in [0.29, 0.717) is 13.0 Å². The highest BCUT2D eigenvalue weighted by Gasteiger charge is 2.31. The van der Waals surface area contributed by atoms with Crippen molar-refractivity contribution in [1.82, 2.24) is 0 Å². The van der Waals surface area contributed by atoms with Crippen LogP contribution in [0.3, 0.4) is 0 Å². The Morgan fingerprint density at radius 1 is 1.31 bits per heavy atom. The van der Waals surface area contributed by atoms with Crippen molar-refractivity contribution in [3.05, 3.63) is 28.2 Å². The molecule has 1 aromatic rings. The molecule has 6 heteroatoms. The van der Waals surface area contributed by atoms with E-state index < -0.39 is 11.6 Å². The number of anilines is 1. The van der Waals surface area contributed by atoms with Crippen LogP contribution in [0.4, 0.5) is 14.5 Å². The summed E-state index contributed by atoms with van der Waals surface area (Å²) < 4.78 is 26.9. The zero-order valence-corrected chi connectivity index (χ0v) is 11.2. The fourth-order valence-electron chi connectivity index (χ4n) is 1.62. The van der Waals surface area contributed by atoms with Gasteiger partial charge in [-0.25, -0.2) is 8.78 Å². The van der Waals surface area contributed by atoms with Gasteiger partial charge >= 0.3 is 0 Å². The summed E-state index contributed by atoms with van der Waals surface area (Å²) in [5.41, 5.74) is -0.00681. The molecule has 1 fully saturated rings. The maximum Gasteiger partial charge on any atom is 0.228 e. The van der Waals surface area contributed by atoms with Crippen LogP contribution >= 0.6 is 31.9 Å². The minimum Gasteiger partial charge on any atom is -0.308 e. The Kier molecular flexibility index (Phi) is 3.30. The Bertz CT molecular complexity index is 453. The van der Waals surface area contributed by atoms with Crippen molar-refractivity contribution in [2.24, 2.45) is 0 Å². The first kappa shape index (κ1) is 12.0. The van der Waals surface area contributed by atoms with E-state index in [9.17, 15) is 13.6 Å². The van der Waals surface area contributed by atoms with Crippen LogP contribution in [0.15, 0.2) is 16.6 Å². The molecule has 1 amide bonds. The van der Waals surface area contributed by atoms with Crippen molar-refractivity contribution in [3.63, 3.8) is 0 Å². The number of rotatable bonds is 1. The first-order chi connectivity index (χ1) is 7.50. The smallest absolute Gasteiger partial charge is 0.228 e. The second kappa shape index (κ2) is 4.41. The van der Waals surface area contributed by atoms with E-state index in [0.717, 1.165) is 0 Å². The van der Waals surface area contributed by atoms with Gasteiger partial charge in [0.05, 0.1) is 10.2 Å². The minimum atomic E-state index is -0.996. The first-order valence-electron chi connectivity index (χ1n) is 4.58. The van der Waals surface area contributed by atoms with Gasteiger partial charge in [0, 0.05) is 17.8 Å². The van der Waals surface area contributed by atoms with Gasteiger partial charge in [0.25, 0.3) is 0 Å². The fraction of sp³-hybridized carbons (Fsp3) is 0.300. The molecule has 0 aliphatic carbocycles. The molecule has 86 valence electrons. The van der Waals surface area contributed by atoms with Gasteiger partial charge in [-0.05, 0) is 28.1 Å². The Hall–Kier alpha value is -0.490. The highest BCUT2D eigenvalue weighted by atomic mass is 79.9. The average Bonchev–Trinajstić information content (AvgIpc) is 2.55. The van der Waals surface area contributed by atoms with Crippen LogP contribution in [0.5, 0.6) is 0 Å². The van der Waals surface area contributed by atoms with E-state index in [1.165, 1.54) is 17.0 Å². The van der Waals surface area contributed by atoms with Gasteiger partial charge in [0.1, 0.15) is 0 Å². The van der Waals surface area contributed by atoms with E-state index in [1.807, 2.05) is 0 Å². The highest BCUT2D eigenvalue weighted by Crippen LogP contribution is 2.31. The van der Waals surface area contributed by atoms with Gasteiger partial charge in [-0.15, -0.1) is 0 Å². The van der Waals surface area contributed by atoms with E-state index in [2.05, 4.69) is 31.9 Å². The van der Waals surface area contributed by atoms with Crippen molar-refractivity contribution in [3.8, 4) is 0 Å². The van der Waals surface area contributed by atoms with Gasteiger partial charge in [-0.1, -0.05) is 15.9 Å². The molecule has 16 heavy (non-hydrogen) atoms. The maximum absolute atomic E-state index is 13.6. The SMILES string of the molecule is O=C1CC(Br)CN1c1ccc(Br)c(F)c1F. The predicted molar refractivity (Wildman–Crippen MR) is 63.7 cm³/mol. The van der Waals surface area contributed by atoms with Crippen LogP contribution in [0.25, 0.3) is 0 Å². The summed E-state index contributed by atoms with van der Waals surface area (Å²) in [5.74, 6) is -2.17. The lowest BCUT2D eigenvalue weighted by molar-refractivity contribution is -0.117. The largest absolute Gasteiger partial charge is 0.308 e. The molecule has 0 N–H and O–H groups in total. The van der Waals surface area contributed by atoms with Crippen molar-refractivity contribution in [2.75, 3.05) is 11.4 Å². The van der Waals surface area contributed by atoms with E-state index in [-0.39, 0.29) is 20.9 Å².